The van der Waals surface area contributed by atoms with Gasteiger partial charge >= 0.3 is 5.97 Å². The van der Waals surface area contributed by atoms with Gasteiger partial charge in [0.25, 0.3) is 0 Å². The highest BCUT2D eigenvalue weighted by atomic mass is 32.1. The van der Waals surface area contributed by atoms with Crippen molar-refractivity contribution in [1.29, 1.82) is 0 Å². The number of hydrogen-bond donors (Lipinski definition) is 0. The zero-order valence-electron chi connectivity index (χ0n) is 18.6. The minimum atomic E-state index is -0.270. The highest BCUT2D eigenvalue weighted by molar-refractivity contribution is 7.17. The standard InChI is InChI=1S/C26H27N3O2S/c1-4-31-23(30)15-29(14-19-8-6-5-7-9-19)25-24-22(16-32-26(24)28-17-27-25)21-12-10-20(11-13-21)18(2)3/h5-13,16-18H,4,14-15H2,1-3H3. The van der Waals surface area contributed by atoms with E-state index in [0.717, 1.165) is 32.7 Å². The lowest BCUT2D eigenvalue weighted by molar-refractivity contribution is -0.141. The zero-order valence-corrected chi connectivity index (χ0v) is 19.4. The van der Waals surface area contributed by atoms with E-state index in [4.69, 9.17) is 4.74 Å². The van der Waals surface area contributed by atoms with Crippen LogP contribution in [0.2, 0.25) is 0 Å². The highest BCUT2D eigenvalue weighted by Crippen LogP contribution is 2.38. The van der Waals surface area contributed by atoms with Crippen LogP contribution < -0.4 is 4.90 Å². The molecule has 0 fully saturated rings. The molecular weight excluding hydrogens is 418 g/mol. The number of carbonyl (C=O) groups is 1. The van der Waals surface area contributed by atoms with Crippen LogP contribution in [0.15, 0.2) is 66.3 Å². The summed E-state index contributed by atoms with van der Waals surface area (Å²) in [7, 11) is 0. The number of hydrogen-bond acceptors (Lipinski definition) is 6. The summed E-state index contributed by atoms with van der Waals surface area (Å²) in [6.45, 7) is 7.22. The summed E-state index contributed by atoms with van der Waals surface area (Å²) in [4.78, 5) is 24.5. The molecule has 0 aliphatic carbocycles. The van der Waals surface area contributed by atoms with Crippen molar-refractivity contribution in [2.45, 2.75) is 33.2 Å². The van der Waals surface area contributed by atoms with Gasteiger partial charge in [0.05, 0.1) is 12.0 Å². The lowest BCUT2D eigenvalue weighted by atomic mass is 9.99. The fourth-order valence-electron chi connectivity index (χ4n) is 3.73. The number of ether oxygens (including phenoxy) is 1. The molecule has 0 N–H and O–H groups in total. The summed E-state index contributed by atoms with van der Waals surface area (Å²) in [5.74, 6) is 0.956. The van der Waals surface area contributed by atoms with Crippen LogP contribution in [0.3, 0.4) is 0 Å². The van der Waals surface area contributed by atoms with Gasteiger partial charge in [0.1, 0.15) is 23.5 Å². The van der Waals surface area contributed by atoms with Gasteiger partial charge in [-0.3, -0.25) is 4.79 Å². The number of esters is 1. The van der Waals surface area contributed by atoms with E-state index >= 15 is 0 Å². The van der Waals surface area contributed by atoms with E-state index < -0.39 is 0 Å². The molecule has 4 aromatic rings. The summed E-state index contributed by atoms with van der Waals surface area (Å²) < 4.78 is 5.25. The SMILES string of the molecule is CCOC(=O)CN(Cc1ccccc1)c1ncnc2scc(-c3ccc(C(C)C)cc3)c12. The maximum Gasteiger partial charge on any atom is 0.325 e. The van der Waals surface area contributed by atoms with Crippen molar-refractivity contribution >= 4 is 33.3 Å². The first kappa shape index (κ1) is 22.0. The first-order valence-corrected chi connectivity index (χ1v) is 11.7. The van der Waals surface area contributed by atoms with Gasteiger partial charge in [-0.15, -0.1) is 11.3 Å². The Morgan fingerprint density at radius 2 is 1.81 bits per heavy atom. The normalized spacial score (nSPS) is 11.1. The molecule has 0 amide bonds. The largest absolute Gasteiger partial charge is 0.465 e. The third-order valence-electron chi connectivity index (χ3n) is 5.38. The summed E-state index contributed by atoms with van der Waals surface area (Å²) in [5, 5.41) is 3.09. The summed E-state index contributed by atoms with van der Waals surface area (Å²) >= 11 is 1.59. The van der Waals surface area contributed by atoms with Crippen molar-refractivity contribution < 1.29 is 9.53 Å². The van der Waals surface area contributed by atoms with Crippen molar-refractivity contribution in [1.82, 2.24) is 9.97 Å². The number of carbonyl (C=O) groups excluding carboxylic acids is 1. The third-order valence-corrected chi connectivity index (χ3v) is 6.27. The van der Waals surface area contributed by atoms with Crippen molar-refractivity contribution in [2.24, 2.45) is 0 Å². The molecule has 0 aliphatic heterocycles. The van der Waals surface area contributed by atoms with Crippen LogP contribution in [0.5, 0.6) is 0 Å². The number of rotatable bonds is 8. The number of fused-ring (bicyclic) bond motifs is 1. The van der Waals surface area contributed by atoms with Crippen molar-refractivity contribution in [3.8, 4) is 11.1 Å². The van der Waals surface area contributed by atoms with Crippen LogP contribution in [-0.4, -0.2) is 29.1 Å². The zero-order chi connectivity index (χ0) is 22.5. The fourth-order valence-corrected chi connectivity index (χ4v) is 4.64. The summed E-state index contributed by atoms with van der Waals surface area (Å²) in [5.41, 5.74) is 4.60. The molecule has 32 heavy (non-hydrogen) atoms. The molecule has 4 rings (SSSR count). The van der Waals surface area contributed by atoms with Crippen molar-refractivity contribution in [2.75, 3.05) is 18.1 Å². The summed E-state index contributed by atoms with van der Waals surface area (Å²) in [6, 6.07) is 18.7. The van der Waals surface area contributed by atoms with Gasteiger partial charge in [-0.1, -0.05) is 68.4 Å². The Kier molecular flexibility index (Phi) is 6.81. The first-order valence-electron chi connectivity index (χ1n) is 10.8. The number of thiophene rings is 1. The number of aromatic nitrogens is 2. The molecule has 0 atom stereocenters. The lowest BCUT2D eigenvalue weighted by Crippen LogP contribution is -2.31. The Hall–Kier alpha value is -3.25. The average Bonchev–Trinajstić information content (AvgIpc) is 3.24. The van der Waals surface area contributed by atoms with E-state index in [2.05, 4.69) is 65.6 Å². The second-order valence-corrected chi connectivity index (χ2v) is 8.81. The van der Waals surface area contributed by atoms with E-state index in [-0.39, 0.29) is 12.5 Å². The van der Waals surface area contributed by atoms with Crippen molar-refractivity contribution in [3.63, 3.8) is 0 Å². The van der Waals surface area contributed by atoms with Crippen LogP contribution in [0.1, 0.15) is 37.8 Å². The van der Waals surface area contributed by atoms with E-state index in [0.29, 0.717) is 19.1 Å². The molecule has 6 heteroatoms. The molecule has 0 saturated carbocycles. The van der Waals surface area contributed by atoms with E-state index in [9.17, 15) is 4.79 Å². The van der Waals surface area contributed by atoms with Gasteiger partial charge in [0.2, 0.25) is 0 Å². The summed E-state index contributed by atoms with van der Waals surface area (Å²) in [6.07, 6.45) is 1.57. The monoisotopic (exact) mass is 445 g/mol. The molecule has 0 spiro atoms. The molecule has 0 bridgehead atoms. The van der Waals surface area contributed by atoms with Gasteiger partial charge in [-0.05, 0) is 29.5 Å². The Morgan fingerprint density at radius 3 is 2.50 bits per heavy atom. The average molecular weight is 446 g/mol. The van der Waals surface area contributed by atoms with Crippen LogP contribution in [0.25, 0.3) is 21.3 Å². The highest BCUT2D eigenvalue weighted by Gasteiger charge is 2.21. The Morgan fingerprint density at radius 1 is 1.06 bits per heavy atom. The first-order chi connectivity index (χ1) is 15.6. The van der Waals surface area contributed by atoms with E-state index in [1.807, 2.05) is 30.0 Å². The number of anilines is 1. The van der Waals surface area contributed by atoms with Crippen LogP contribution in [0, 0.1) is 0 Å². The number of nitrogens with zero attached hydrogens (tertiary/aromatic N) is 3. The predicted octanol–water partition coefficient (Wildman–Crippen LogP) is 6.05. The third kappa shape index (κ3) is 4.81. The Bertz CT molecular complexity index is 1190. The molecule has 2 aromatic carbocycles. The van der Waals surface area contributed by atoms with Crippen LogP contribution in [-0.2, 0) is 16.1 Å². The van der Waals surface area contributed by atoms with Crippen LogP contribution >= 0.6 is 11.3 Å². The number of benzene rings is 2. The second-order valence-electron chi connectivity index (χ2n) is 7.95. The molecular formula is C26H27N3O2S. The molecule has 0 radical (unpaired) electrons. The molecule has 5 nitrogen and oxygen atoms in total. The topological polar surface area (TPSA) is 55.3 Å². The maximum absolute atomic E-state index is 12.4. The molecule has 2 aromatic heterocycles. The molecule has 164 valence electrons. The lowest BCUT2D eigenvalue weighted by Gasteiger charge is -2.24. The quantitative estimate of drug-likeness (QED) is 0.309. The molecule has 0 saturated heterocycles. The predicted molar refractivity (Wildman–Crippen MR) is 131 cm³/mol. The molecule has 0 unspecified atom stereocenters. The van der Waals surface area contributed by atoms with E-state index in [1.54, 1.807) is 17.7 Å². The van der Waals surface area contributed by atoms with Gasteiger partial charge in [-0.2, -0.15) is 0 Å². The second kappa shape index (κ2) is 9.92. The van der Waals surface area contributed by atoms with Gasteiger partial charge in [0.15, 0.2) is 0 Å². The molecule has 0 aliphatic rings. The van der Waals surface area contributed by atoms with Gasteiger partial charge in [0, 0.05) is 17.5 Å². The van der Waals surface area contributed by atoms with E-state index in [1.165, 1.54) is 5.56 Å². The molecule has 2 heterocycles. The van der Waals surface area contributed by atoms with Crippen LogP contribution in [0.4, 0.5) is 5.82 Å². The minimum absolute atomic E-state index is 0.121. The fraction of sp³-hybridized carbons (Fsp3) is 0.269. The van der Waals surface area contributed by atoms with Gasteiger partial charge in [-0.25, -0.2) is 9.97 Å². The maximum atomic E-state index is 12.4. The van der Waals surface area contributed by atoms with Crippen molar-refractivity contribution in [3.05, 3.63) is 77.4 Å². The van der Waals surface area contributed by atoms with Gasteiger partial charge < -0.3 is 9.64 Å². The smallest absolute Gasteiger partial charge is 0.325 e. The Balaban J connectivity index is 1.79. The Labute approximate surface area is 192 Å². The minimum Gasteiger partial charge on any atom is -0.465 e.